The molecule has 0 spiro atoms. The van der Waals surface area contributed by atoms with E-state index >= 15 is 0 Å². The zero-order chi connectivity index (χ0) is 18.2. The Labute approximate surface area is 148 Å². The Morgan fingerprint density at radius 1 is 1.24 bits per heavy atom. The first kappa shape index (κ1) is 17.7. The third-order valence-corrected chi connectivity index (χ3v) is 4.49. The molecule has 0 amide bonds. The number of carbonyl (C=O) groups is 1. The Morgan fingerprint density at radius 2 is 1.92 bits per heavy atom. The zero-order valence-electron chi connectivity index (χ0n) is 15.7. The van der Waals surface area contributed by atoms with E-state index in [1.165, 1.54) is 10.9 Å². The van der Waals surface area contributed by atoms with E-state index in [4.69, 9.17) is 9.72 Å². The molecule has 1 saturated heterocycles. The Hall–Kier alpha value is -2.15. The number of carbonyl (C=O) groups excluding carboxylic acids is 1. The second kappa shape index (κ2) is 6.63. The van der Waals surface area contributed by atoms with Gasteiger partial charge in [-0.25, -0.2) is 19.3 Å². The fourth-order valence-electron chi connectivity index (χ4n) is 3.12. The van der Waals surface area contributed by atoms with E-state index in [0.29, 0.717) is 17.2 Å². The van der Waals surface area contributed by atoms with Crippen LogP contribution in [0.5, 0.6) is 0 Å². The van der Waals surface area contributed by atoms with Crippen molar-refractivity contribution in [3.05, 3.63) is 18.5 Å². The van der Waals surface area contributed by atoms with Crippen LogP contribution >= 0.6 is 0 Å². The van der Waals surface area contributed by atoms with Crippen LogP contribution in [0.15, 0.2) is 18.5 Å². The van der Waals surface area contributed by atoms with Crippen LogP contribution in [0.2, 0.25) is 0 Å². The summed E-state index contributed by atoms with van der Waals surface area (Å²) in [5, 5.41) is 0. The topological polar surface area (TPSA) is 63.5 Å². The monoisotopic (exact) mass is 345 g/mol. The van der Waals surface area contributed by atoms with Gasteiger partial charge in [-0.2, -0.15) is 0 Å². The van der Waals surface area contributed by atoms with Gasteiger partial charge in [0.25, 0.3) is 0 Å². The largest absolute Gasteiger partial charge is 0.443 e. The minimum Gasteiger partial charge on any atom is -0.443 e. The molecule has 0 atom stereocenters. The molecule has 136 valence electrons. The van der Waals surface area contributed by atoms with Crippen LogP contribution in [-0.2, 0) is 4.74 Å². The molecule has 25 heavy (non-hydrogen) atoms. The standard InChI is InChI=1S/C18H27N5O2/c1-18(2,3)25-17(24)23-12-19-14-6-7-15(20-16(14)23)22-10-8-13(9-11-22)21(4)5/h6-7,12-13H,8-11H2,1-5H3. The van der Waals surface area contributed by atoms with Gasteiger partial charge in [0, 0.05) is 19.1 Å². The molecule has 1 fully saturated rings. The summed E-state index contributed by atoms with van der Waals surface area (Å²) in [5.74, 6) is 0.884. The van der Waals surface area contributed by atoms with Crippen LogP contribution in [0, 0.1) is 0 Å². The third-order valence-electron chi connectivity index (χ3n) is 4.49. The van der Waals surface area contributed by atoms with E-state index in [-0.39, 0.29) is 0 Å². The fourth-order valence-corrected chi connectivity index (χ4v) is 3.12. The molecule has 2 aromatic heterocycles. The van der Waals surface area contributed by atoms with E-state index in [2.05, 4.69) is 28.9 Å². The quantitative estimate of drug-likeness (QED) is 0.834. The molecule has 0 radical (unpaired) electrons. The van der Waals surface area contributed by atoms with Crippen LogP contribution in [0.25, 0.3) is 11.2 Å². The van der Waals surface area contributed by atoms with Gasteiger partial charge in [0.2, 0.25) is 0 Å². The first-order valence-corrected chi connectivity index (χ1v) is 8.73. The first-order chi connectivity index (χ1) is 11.7. The van der Waals surface area contributed by atoms with Crippen molar-refractivity contribution >= 4 is 23.1 Å². The molecule has 0 N–H and O–H groups in total. The molecule has 0 aromatic carbocycles. The van der Waals surface area contributed by atoms with Gasteiger partial charge in [0.05, 0.1) is 0 Å². The number of nitrogens with zero attached hydrogens (tertiary/aromatic N) is 5. The SMILES string of the molecule is CN(C)C1CCN(c2ccc3ncn(C(=O)OC(C)(C)C)c3n2)CC1. The molecule has 0 bridgehead atoms. The van der Waals surface area contributed by atoms with Crippen LogP contribution < -0.4 is 4.90 Å². The summed E-state index contributed by atoms with van der Waals surface area (Å²) in [4.78, 5) is 25.9. The Bertz CT molecular complexity index is 754. The maximum absolute atomic E-state index is 12.4. The number of hydrogen-bond donors (Lipinski definition) is 0. The van der Waals surface area contributed by atoms with Crippen LogP contribution in [0.4, 0.5) is 10.6 Å². The van der Waals surface area contributed by atoms with Gasteiger partial charge in [-0.1, -0.05) is 0 Å². The number of aromatic nitrogens is 3. The highest BCUT2D eigenvalue weighted by Crippen LogP contribution is 2.23. The summed E-state index contributed by atoms with van der Waals surface area (Å²) in [5.41, 5.74) is 0.679. The van der Waals surface area contributed by atoms with Gasteiger partial charge in [0.15, 0.2) is 5.65 Å². The van der Waals surface area contributed by atoms with Gasteiger partial charge < -0.3 is 14.5 Å². The van der Waals surface area contributed by atoms with Gasteiger partial charge in [-0.3, -0.25) is 0 Å². The van der Waals surface area contributed by atoms with Crippen molar-refractivity contribution in [2.24, 2.45) is 0 Å². The molecular weight excluding hydrogens is 318 g/mol. The zero-order valence-corrected chi connectivity index (χ0v) is 15.7. The number of anilines is 1. The Kier molecular flexibility index (Phi) is 4.69. The van der Waals surface area contributed by atoms with Gasteiger partial charge >= 0.3 is 6.09 Å². The summed E-state index contributed by atoms with van der Waals surface area (Å²) in [6.45, 7) is 7.46. The van der Waals surface area contributed by atoms with E-state index in [9.17, 15) is 4.79 Å². The number of ether oxygens (including phenoxy) is 1. The van der Waals surface area contributed by atoms with E-state index in [0.717, 1.165) is 31.7 Å². The van der Waals surface area contributed by atoms with Crippen molar-refractivity contribution in [1.82, 2.24) is 19.4 Å². The molecule has 7 heteroatoms. The van der Waals surface area contributed by atoms with Crippen LogP contribution in [0.1, 0.15) is 33.6 Å². The highest BCUT2D eigenvalue weighted by Gasteiger charge is 2.23. The summed E-state index contributed by atoms with van der Waals surface area (Å²) >= 11 is 0. The van der Waals surface area contributed by atoms with Crippen molar-refractivity contribution in [3.63, 3.8) is 0 Å². The molecule has 3 rings (SSSR count). The lowest BCUT2D eigenvalue weighted by Gasteiger charge is -2.35. The number of piperidine rings is 1. The van der Waals surface area contributed by atoms with E-state index < -0.39 is 11.7 Å². The predicted molar refractivity (Wildman–Crippen MR) is 98.1 cm³/mol. The van der Waals surface area contributed by atoms with E-state index in [1.807, 2.05) is 32.9 Å². The number of rotatable bonds is 2. The fraction of sp³-hybridized carbons (Fsp3) is 0.611. The van der Waals surface area contributed by atoms with Crippen molar-refractivity contribution < 1.29 is 9.53 Å². The van der Waals surface area contributed by atoms with Crippen molar-refractivity contribution in [2.45, 2.75) is 45.3 Å². The molecule has 1 aliphatic heterocycles. The smallest absolute Gasteiger partial charge is 0.421 e. The average molecular weight is 345 g/mol. The predicted octanol–water partition coefficient (Wildman–Crippen LogP) is 2.74. The third kappa shape index (κ3) is 3.92. The molecule has 0 saturated carbocycles. The second-order valence-electron chi connectivity index (χ2n) is 7.79. The highest BCUT2D eigenvalue weighted by atomic mass is 16.6. The molecule has 3 heterocycles. The van der Waals surface area contributed by atoms with Crippen molar-refractivity contribution in [2.75, 3.05) is 32.1 Å². The summed E-state index contributed by atoms with van der Waals surface area (Å²) < 4.78 is 6.83. The van der Waals surface area contributed by atoms with Gasteiger partial charge in [-0.05, 0) is 59.8 Å². The van der Waals surface area contributed by atoms with Crippen LogP contribution in [0.3, 0.4) is 0 Å². The lowest BCUT2D eigenvalue weighted by atomic mass is 10.0. The molecular formula is C18H27N5O2. The molecule has 7 nitrogen and oxygen atoms in total. The molecule has 2 aromatic rings. The summed E-state index contributed by atoms with van der Waals surface area (Å²) in [6, 6.07) is 4.51. The highest BCUT2D eigenvalue weighted by molar-refractivity contribution is 5.85. The Balaban J connectivity index is 1.82. The number of hydrogen-bond acceptors (Lipinski definition) is 6. The lowest BCUT2D eigenvalue weighted by molar-refractivity contribution is 0.0543. The number of pyridine rings is 1. The van der Waals surface area contributed by atoms with Gasteiger partial charge in [0.1, 0.15) is 23.3 Å². The number of imidazole rings is 1. The minimum atomic E-state index is -0.556. The van der Waals surface area contributed by atoms with E-state index in [1.54, 1.807) is 0 Å². The van der Waals surface area contributed by atoms with Gasteiger partial charge in [-0.15, -0.1) is 0 Å². The van der Waals surface area contributed by atoms with Crippen molar-refractivity contribution in [1.29, 1.82) is 0 Å². The normalized spacial score (nSPS) is 16.6. The molecule has 0 aliphatic carbocycles. The maximum atomic E-state index is 12.4. The summed E-state index contributed by atoms with van der Waals surface area (Å²) in [7, 11) is 4.26. The molecule has 0 unspecified atom stereocenters. The second-order valence-corrected chi connectivity index (χ2v) is 7.79. The maximum Gasteiger partial charge on any atom is 0.421 e. The number of fused-ring (bicyclic) bond motifs is 1. The average Bonchev–Trinajstić information content (AvgIpc) is 2.96. The lowest BCUT2D eigenvalue weighted by Crippen LogP contribution is -2.42. The minimum absolute atomic E-state index is 0.453. The first-order valence-electron chi connectivity index (χ1n) is 8.73. The van der Waals surface area contributed by atoms with Crippen molar-refractivity contribution in [3.8, 4) is 0 Å². The Morgan fingerprint density at radius 3 is 2.52 bits per heavy atom. The molecule has 1 aliphatic rings. The summed E-state index contributed by atoms with van der Waals surface area (Å²) in [6.07, 6.45) is 3.25. The van der Waals surface area contributed by atoms with Crippen LogP contribution in [-0.4, -0.2) is 64.4 Å².